The molecule has 0 aliphatic carbocycles. The van der Waals surface area contributed by atoms with Gasteiger partial charge in [-0.25, -0.2) is 4.39 Å². The maximum atomic E-state index is 12.9. The van der Waals surface area contributed by atoms with Crippen molar-refractivity contribution in [2.75, 3.05) is 18.4 Å². The molecule has 1 fully saturated rings. The number of carbonyl (C=O) groups is 2. The number of hydrogen-bond donors (Lipinski definition) is 3. The Kier molecular flexibility index (Phi) is 6.74. The number of aliphatic hydroxyl groups excluding tert-OH is 2. The molecule has 1 aliphatic heterocycles. The zero-order valence-corrected chi connectivity index (χ0v) is 15.8. The monoisotopic (exact) mass is 398 g/mol. The summed E-state index contributed by atoms with van der Waals surface area (Å²) in [6.07, 6.45) is 2.03. The highest BCUT2D eigenvalue weighted by Crippen LogP contribution is 2.15. The summed E-state index contributed by atoms with van der Waals surface area (Å²) in [5.41, 5.74) is 2.29. The normalized spacial score (nSPS) is 18.9. The van der Waals surface area contributed by atoms with Crippen molar-refractivity contribution in [2.45, 2.75) is 25.0 Å². The van der Waals surface area contributed by atoms with Crippen LogP contribution in [0.15, 0.2) is 54.6 Å². The van der Waals surface area contributed by atoms with Gasteiger partial charge < -0.3 is 20.4 Å². The third kappa shape index (κ3) is 5.97. The molecule has 7 heteroatoms. The molecule has 2 amide bonds. The molecule has 0 saturated carbocycles. The minimum absolute atomic E-state index is 0.107. The Hall–Kier alpha value is -3.03. The fourth-order valence-corrected chi connectivity index (χ4v) is 3.07. The van der Waals surface area contributed by atoms with Gasteiger partial charge in [0.2, 0.25) is 11.8 Å². The van der Waals surface area contributed by atoms with E-state index in [4.69, 9.17) is 0 Å². The van der Waals surface area contributed by atoms with Gasteiger partial charge in [-0.2, -0.15) is 0 Å². The van der Waals surface area contributed by atoms with Crippen molar-refractivity contribution >= 4 is 23.6 Å². The van der Waals surface area contributed by atoms with Gasteiger partial charge in [0, 0.05) is 31.3 Å². The zero-order valence-electron chi connectivity index (χ0n) is 15.8. The van der Waals surface area contributed by atoms with E-state index >= 15 is 0 Å². The molecule has 1 saturated heterocycles. The molecule has 0 spiro atoms. The van der Waals surface area contributed by atoms with E-state index in [9.17, 15) is 24.2 Å². The Balaban J connectivity index is 1.46. The lowest BCUT2D eigenvalue weighted by Gasteiger charge is -2.15. The summed E-state index contributed by atoms with van der Waals surface area (Å²) in [6, 6.07) is 13.0. The first-order valence-electron chi connectivity index (χ1n) is 9.38. The number of rotatable bonds is 6. The van der Waals surface area contributed by atoms with E-state index in [1.54, 1.807) is 30.3 Å². The molecule has 3 rings (SSSR count). The van der Waals surface area contributed by atoms with E-state index < -0.39 is 12.2 Å². The third-order valence-corrected chi connectivity index (χ3v) is 4.76. The molecular formula is C22H23FN2O4. The number of nitrogens with one attached hydrogen (secondary N) is 1. The second kappa shape index (κ2) is 9.45. The summed E-state index contributed by atoms with van der Waals surface area (Å²) in [4.78, 5) is 25.6. The lowest BCUT2D eigenvalue weighted by molar-refractivity contribution is -0.130. The summed E-state index contributed by atoms with van der Waals surface area (Å²) in [6.45, 7) is 0.326. The number of benzene rings is 2. The predicted molar refractivity (Wildman–Crippen MR) is 107 cm³/mol. The van der Waals surface area contributed by atoms with Gasteiger partial charge in [-0.05, 0) is 47.9 Å². The topological polar surface area (TPSA) is 89.9 Å². The van der Waals surface area contributed by atoms with Crippen LogP contribution in [0, 0.1) is 5.82 Å². The largest absolute Gasteiger partial charge is 0.388 e. The Morgan fingerprint density at radius 1 is 1.03 bits per heavy atom. The van der Waals surface area contributed by atoms with Gasteiger partial charge in [-0.15, -0.1) is 0 Å². The molecule has 0 unspecified atom stereocenters. The maximum absolute atomic E-state index is 12.9. The van der Waals surface area contributed by atoms with Gasteiger partial charge in [0.15, 0.2) is 0 Å². The van der Waals surface area contributed by atoms with Gasteiger partial charge in [0.05, 0.1) is 12.2 Å². The van der Waals surface area contributed by atoms with Crippen LogP contribution in [0.2, 0.25) is 0 Å². The number of likely N-dealkylation sites (tertiary alicyclic amines) is 1. The molecule has 0 aromatic heterocycles. The third-order valence-electron chi connectivity index (χ3n) is 4.76. The van der Waals surface area contributed by atoms with Gasteiger partial charge in [0.25, 0.3) is 0 Å². The number of anilines is 1. The maximum Gasteiger partial charge on any atom is 0.248 e. The molecule has 29 heavy (non-hydrogen) atoms. The first-order valence-corrected chi connectivity index (χ1v) is 9.38. The van der Waals surface area contributed by atoms with Gasteiger partial charge >= 0.3 is 0 Å². The van der Waals surface area contributed by atoms with Crippen molar-refractivity contribution in [1.29, 1.82) is 0 Å². The molecule has 0 radical (unpaired) electrons. The lowest BCUT2D eigenvalue weighted by atomic mass is 10.1. The molecule has 152 valence electrons. The van der Waals surface area contributed by atoms with E-state index in [1.807, 2.05) is 12.1 Å². The zero-order chi connectivity index (χ0) is 20.8. The van der Waals surface area contributed by atoms with Crippen LogP contribution in [0.25, 0.3) is 6.08 Å². The van der Waals surface area contributed by atoms with Crippen LogP contribution in [-0.4, -0.2) is 52.2 Å². The van der Waals surface area contributed by atoms with E-state index in [1.165, 1.54) is 23.1 Å². The summed E-state index contributed by atoms with van der Waals surface area (Å²) >= 11 is 0. The van der Waals surface area contributed by atoms with E-state index in [0.29, 0.717) is 12.1 Å². The average molecular weight is 398 g/mol. The first-order chi connectivity index (χ1) is 13.9. The number of nitrogens with zero attached hydrogens (tertiary/aromatic N) is 1. The quantitative estimate of drug-likeness (QED) is 0.649. The standard InChI is InChI=1S/C22H23FN2O4/c23-17-7-1-15(2-8-17)5-11-21(28)24-18-9-3-16(4-10-18)6-12-22(29)25-13-19(26)20(27)14-25/h1-5,7-11,19-20,26-27H,6,12-14H2,(H,24,28)/b11-5+/t19-,20-/m0/s1. The predicted octanol–water partition coefficient (Wildman–Crippen LogP) is 1.97. The SMILES string of the molecule is O=C(/C=C/c1ccc(F)cc1)Nc1ccc(CCC(=O)N2C[C@H](O)[C@@H](O)C2)cc1. The number of hydrogen-bond acceptors (Lipinski definition) is 4. The van der Waals surface area contributed by atoms with E-state index in [-0.39, 0.29) is 37.1 Å². The van der Waals surface area contributed by atoms with Crippen LogP contribution in [0.4, 0.5) is 10.1 Å². The fraction of sp³-hybridized carbons (Fsp3) is 0.273. The van der Waals surface area contributed by atoms with Crippen molar-refractivity contribution in [1.82, 2.24) is 4.90 Å². The highest BCUT2D eigenvalue weighted by atomic mass is 19.1. The van der Waals surface area contributed by atoms with Crippen molar-refractivity contribution in [3.63, 3.8) is 0 Å². The van der Waals surface area contributed by atoms with Crippen LogP contribution in [-0.2, 0) is 16.0 Å². The molecule has 1 heterocycles. The summed E-state index contributed by atoms with van der Waals surface area (Å²) in [5.74, 6) is -0.740. The highest BCUT2D eigenvalue weighted by Gasteiger charge is 2.31. The highest BCUT2D eigenvalue weighted by molar-refractivity contribution is 6.01. The molecule has 1 aliphatic rings. The van der Waals surface area contributed by atoms with Crippen molar-refractivity contribution < 1.29 is 24.2 Å². The molecule has 3 N–H and O–H groups in total. The number of aliphatic hydroxyl groups is 2. The fourth-order valence-electron chi connectivity index (χ4n) is 3.07. The molecule has 0 bridgehead atoms. The minimum Gasteiger partial charge on any atom is -0.388 e. The Morgan fingerprint density at radius 3 is 2.28 bits per heavy atom. The number of amides is 2. The molecule has 2 atom stereocenters. The molecular weight excluding hydrogens is 375 g/mol. The van der Waals surface area contributed by atoms with Crippen LogP contribution >= 0.6 is 0 Å². The number of carbonyl (C=O) groups excluding carboxylic acids is 2. The first kappa shape index (κ1) is 20.7. The van der Waals surface area contributed by atoms with Crippen LogP contribution in [0.5, 0.6) is 0 Å². The number of halogens is 1. The Morgan fingerprint density at radius 2 is 1.66 bits per heavy atom. The summed E-state index contributed by atoms with van der Waals surface area (Å²) < 4.78 is 12.9. The molecule has 2 aromatic carbocycles. The lowest BCUT2D eigenvalue weighted by Crippen LogP contribution is -2.29. The van der Waals surface area contributed by atoms with Gasteiger partial charge in [0.1, 0.15) is 5.82 Å². The molecule has 6 nitrogen and oxygen atoms in total. The summed E-state index contributed by atoms with van der Waals surface area (Å²) in [7, 11) is 0. The smallest absolute Gasteiger partial charge is 0.248 e. The minimum atomic E-state index is -0.876. The second-order valence-corrected chi connectivity index (χ2v) is 7.00. The summed E-state index contributed by atoms with van der Waals surface area (Å²) in [5, 5.41) is 21.8. The number of aryl methyl sites for hydroxylation is 1. The van der Waals surface area contributed by atoms with Crippen molar-refractivity contribution in [3.8, 4) is 0 Å². The van der Waals surface area contributed by atoms with Gasteiger partial charge in [-0.3, -0.25) is 9.59 Å². The molecule has 2 aromatic rings. The number of β-amino-alcohol motifs (C(OH)–C–C–N with tert-alkyl or cyclic N) is 2. The van der Waals surface area contributed by atoms with Crippen LogP contribution in [0.1, 0.15) is 17.5 Å². The van der Waals surface area contributed by atoms with Crippen LogP contribution < -0.4 is 5.32 Å². The van der Waals surface area contributed by atoms with Gasteiger partial charge in [-0.1, -0.05) is 24.3 Å². The van der Waals surface area contributed by atoms with Crippen molar-refractivity contribution in [2.24, 2.45) is 0 Å². The Labute approximate surface area is 168 Å². The van der Waals surface area contributed by atoms with Crippen molar-refractivity contribution in [3.05, 3.63) is 71.6 Å². The van der Waals surface area contributed by atoms with Crippen LogP contribution in [0.3, 0.4) is 0 Å². The van der Waals surface area contributed by atoms with E-state index in [2.05, 4.69) is 5.32 Å². The average Bonchev–Trinajstić information content (AvgIpc) is 3.05. The Bertz CT molecular complexity index is 871. The van der Waals surface area contributed by atoms with E-state index in [0.717, 1.165) is 11.1 Å². The second-order valence-electron chi connectivity index (χ2n) is 7.00.